The summed E-state index contributed by atoms with van der Waals surface area (Å²) in [6, 6.07) is 5.31. The molecule has 176 valence electrons. The molecule has 1 aromatic heterocycles. The van der Waals surface area contributed by atoms with Crippen LogP contribution in [0.15, 0.2) is 35.0 Å². The van der Waals surface area contributed by atoms with Crippen molar-refractivity contribution in [1.29, 1.82) is 0 Å². The molecule has 32 heavy (non-hydrogen) atoms. The number of thioether (sulfide) groups is 1. The summed E-state index contributed by atoms with van der Waals surface area (Å²) in [5, 5.41) is 19.7. The summed E-state index contributed by atoms with van der Waals surface area (Å²) in [6.45, 7) is 12.6. The number of hydrogen-bond acceptors (Lipinski definition) is 6. The van der Waals surface area contributed by atoms with Crippen molar-refractivity contribution < 1.29 is 24.2 Å². The number of carbonyl (C=O) groups is 2. The molecular weight excluding hydrogens is 444 g/mol. The standard InChI is InChI=1S/C23H34N2O5SSi/c1-14(30-32(5,6)23(2,3)4)17-18-16(10-12-26)20(19(22(28)29)25(18)21(17)27)31-13-15-9-7-8-11-24-15/h7-9,11,14,16-18,26H,10,12-13H2,1-6H3,(H,28,29)/t14-,16-,17-,18-/m1/s1. The highest BCUT2D eigenvalue weighted by Gasteiger charge is 2.62. The van der Waals surface area contributed by atoms with Crippen LogP contribution in [0, 0.1) is 11.8 Å². The molecule has 0 aromatic carbocycles. The van der Waals surface area contributed by atoms with Crippen molar-refractivity contribution >= 4 is 32.0 Å². The molecule has 0 bridgehead atoms. The number of carboxylic acid groups (broad SMARTS) is 1. The second-order valence-electron chi connectivity index (χ2n) is 10.1. The van der Waals surface area contributed by atoms with Gasteiger partial charge in [0.1, 0.15) is 5.70 Å². The van der Waals surface area contributed by atoms with Crippen LogP contribution in [0.25, 0.3) is 0 Å². The molecule has 1 aromatic rings. The number of aliphatic hydroxyl groups excluding tert-OH is 1. The summed E-state index contributed by atoms with van der Waals surface area (Å²) < 4.78 is 6.52. The van der Waals surface area contributed by atoms with E-state index in [4.69, 9.17) is 4.43 Å². The van der Waals surface area contributed by atoms with Crippen LogP contribution < -0.4 is 0 Å². The largest absolute Gasteiger partial charge is 0.477 e. The van der Waals surface area contributed by atoms with E-state index in [1.54, 1.807) is 6.20 Å². The molecule has 3 rings (SSSR count). The van der Waals surface area contributed by atoms with Crippen LogP contribution in [-0.4, -0.2) is 59.0 Å². The van der Waals surface area contributed by atoms with Gasteiger partial charge in [-0.3, -0.25) is 9.78 Å². The van der Waals surface area contributed by atoms with Gasteiger partial charge >= 0.3 is 5.97 Å². The lowest BCUT2D eigenvalue weighted by Gasteiger charge is -2.50. The molecule has 0 spiro atoms. The van der Waals surface area contributed by atoms with Crippen molar-refractivity contribution in [2.45, 2.75) is 70.1 Å². The number of amides is 1. The maximum Gasteiger partial charge on any atom is 0.353 e. The average Bonchev–Trinajstić information content (AvgIpc) is 2.96. The van der Waals surface area contributed by atoms with E-state index in [1.165, 1.54) is 16.7 Å². The number of aliphatic carboxylic acids is 1. The Balaban J connectivity index is 1.87. The van der Waals surface area contributed by atoms with E-state index < -0.39 is 20.2 Å². The van der Waals surface area contributed by atoms with E-state index >= 15 is 0 Å². The molecule has 2 aliphatic heterocycles. The second kappa shape index (κ2) is 9.28. The summed E-state index contributed by atoms with van der Waals surface area (Å²) >= 11 is 1.40. The van der Waals surface area contributed by atoms with Crippen molar-refractivity contribution in [3.8, 4) is 0 Å². The fourth-order valence-electron chi connectivity index (χ4n) is 4.32. The molecule has 1 saturated heterocycles. The van der Waals surface area contributed by atoms with Crippen molar-refractivity contribution in [3.05, 3.63) is 40.7 Å². The predicted molar refractivity (Wildman–Crippen MR) is 127 cm³/mol. The molecule has 0 radical (unpaired) electrons. The number of nitrogens with zero attached hydrogens (tertiary/aromatic N) is 2. The van der Waals surface area contributed by atoms with Crippen LogP contribution in [0.1, 0.15) is 39.8 Å². The number of fused-ring (bicyclic) bond motifs is 1. The van der Waals surface area contributed by atoms with Gasteiger partial charge in [-0.05, 0) is 43.6 Å². The monoisotopic (exact) mass is 478 g/mol. The molecule has 3 heterocycles. The maximum absolute atomic E-state index is 13.2. The Morgan fingerprint density at radius 3 is 2.56 bits per heavy atom. The molecule has 2 N–H and O–H groups in total. The van der Waals surface area contributed by atoms with Gasteiger partial charge in [-0.2, -0.15) is 0 Å². The molecule has 9 heteroatoms. The zero-order valence-electron chi connectivity index (χ0n) is 19.7. The van der Waals surface area contributed by atoms with Gasteiger partial charge in [0.25, 0.3) is 0 Å². The maximum atomic E-state index is 13.2. The van der Waals surface area contributed by atoms with E-state index in [1.807, 2.05) is 25.1 Å². The number of rotatable bonds is 9. The Bertz CT molecular complexity index is 899. The van der Waals surface area contributed by atoms with Gasteiger partial charge in [0.05, 0.1) is 23.8 Å². The highest BCUT2D eigenvalue weighted by molar-refractivity contribution is 8.02. The number of hydrogen-bond donors (Lipinski definition) is 2. The average molecular weight is 479 g/mol. The van der Waals surface area contributed by atoms with Crippen molar-refractivity contribution in [1.82, 2.24) is 9.88 Å². The van der Waals surface area contributed by atoms with Gasteiger partial charge in [0, 0.05) is 29.4 Å². The Kier molecular flexibility index (Phi) is 7.24. The third-order valence-corrected chi connectivity index (χ3v) is 12.8. The summed E-state index contributed by atoms with van der Waals surface area (Å²) in [6.07, 6.45) is 1.79. The molecule has 4 atom stereocenters. The summed E-state index contributed by atoms with van der Waals surface area (Å²) in [5.41, 5.74) is 0.888. The first-order valence-electron chi connectivity index (χ1n) is 11.0. The van der Waals surface area contributed by atoms with E-state index in [0.29, 0.717) is 17.1 Å². The minimum atomic E-state index is -2.11. The smallest absolute Gasteiger partial charge is 0.353 e. The first-order valence-corrected chi connectivity index (χ1v) is 14.9. The summed E-state index contributed by atoms with van der Waals surface area (Å²) in [7, 11) is -2.11. The quantitative estimate of drug-likeness (QED) is 0.411. The summed E-state index contributed by atoms with van der Waals surface area (Å²) in [5.74, 6) is -1.45. The van der Waals surface area contributed by atoms with Crippen LogP contribution in [-0.2, 0) is 19.8 Å². The third kappa shape index (κ3) is 4.53. The Hall–Kier alpha value is -1.68. The Morgan fingerprint density at radius 1 is 1.34 bits per heavy atom. The van der Waals surface area contributed by atoms with Gasteiger partial charge in [0.2, 0.25) is 5.91 Å². The number of carbonyl (C=O) groups excluding carboxylic acids is 1. The van der Waals surface area contributed by atoms with Crippen LogP contribution in [0.3, 0.4) is 0 Å². The Labute approximate surface area is 195 Å². The lowest BCUT2D eigenvalue weighted by Crippen LogP contribution is -2.65. The van der Waals surface area contributed by atoms with E-state index in [0.717, 1.165) is 5.69 Å². The second-order valence-corrected chi connectivity index (χ2v) is 15.8. The number of aliphatic hydroxyl groups is 1. The van der Waals surface area contributed by atoms with Crippen molar-refractivity contribution in [2.75, 3.05) is 6.61 Å². The van der Waals surface area contributed by atoms with Crippen LogP contribution >= 0.6 is 11.8 Å². The van der Waals surface area contributed by atoms with E-state index in [-0.39, 0.29) is 41.3 Å². The molecule has 2 aliphatic rings. The van der Waals surface area contributed by atoms with Crippen LogP contribution in [0.2, 0.25) is 18.1 Å². The first kappa shape index (κ1) is 24.9. The molecule has 0 unspecified atom stereocenters. The SMILES string of the molecule is C[C@@H](O[Si](C)(C)C(C)(C)C)[C@H]1C(=O)N2C(C(=O)O)=C(SCc3ccccn3)[C@H](CCO)[C@H]12. The van der Waals surface area contributed by atoms with Crippen molar-refractivity contribution in [3.63, 3.8) is 0 Å². The van der Waals surface area contributed by atoms with Crippen LogP contribution in [0.4, 0.5) is 0 Å². The number of aromatic nitrogens is 1. The van der Waals surface area contributed by atoms with E-state index in [2.05, 4.69) is 38.8 Å². The fraction of sp³-hybridized carbons (Fsp3) is 0.609. The van der Waals surface area contributed by atoms with Gasteiger partial charge in [0.15, 0.2) is 8.32 Å². The first-order chi connectivity index (χ1) is 14.9. The molecule has 0 aliphatic carbocycles. The number of β-lactam (4-membered cyclic amide) rings is 1. The minimum absolute atomic E-state index is 0.00207. The topological polar surface area (TPSA) is 100.0 Å². The van der Waals surface area contributed by atoms with Gasteiger partial charge in [-0.1, -0.05) is 26.8 Å². The highest BCUT2D eigenvalue weighted by atomic mass is 32.2. The minimum Gasteiger partial charge on any atom is -0.477 e. The van der Waals surface area contributed by atoms with Gasteiger partial charge in [-0.25, -0.2) is 4.79 Å². The normalized spacial score (nSPS) is 24.4. The zero-order valence-corrected chi connectivity index (χ0v) is 21.5. The highest BCUT2D eigenvalue weighted by Crippen LogP contribution is 2.53. The van der Waals surface area contributed by atoms with Crippen molar-refractivity contribution in [2.24, 2.45) is 11.8 Å². The molecule has 0 saturated carbocycles. The molecule has 1 fully saturated rings. The third-order valence-electron chi connectivity index (χ3n) is 6.95. The fourth-order valence-corrected chi connectivity index (χ4v) is 7.02. The lowest BCUT2D eigenvalue weighted by molar-refractivity contribution is -0.163. The molecular formula is C23H34N2O5SSi. The van der Waals surface area contributed by atoms with Gasteiger partial charge in [-0.15, -0.1) is 11.8 Å². The zero-order chi connectivity index (χ0) is 23.8. The Morgan fingerprint density at radius 2 is 2.03 bits per heavy atom. The number of pyridine rings is 1. The predicted octanol–water partition coefficient (Wildman–Crippen LogP) is 3.86. The van der Waals surface area contributed by atoms with Gasteiger partial charge < -0.3 is 19.5 Å². The number of carboxylic acids is 1. The van der Waals surface area contributed by atoms with E-state index in [9.17, 15) is 19.8 Å². The summed E-state index contributed by atoms with van der Waals surface area (Å²) in [4.78, 5) is 31.8. The lowest BCUT2D eigenvalue weighted by atomic mass is 9.77. The van der Waals surface area contributed by atoms with Crippen LogP contribution in [0.5, 0.6) is 0 Å². The molecule has 7 nitrogen and oxygen atoms in total. The molecule has 1 amide bonds.